The first-order valence-electron chi connectivity index (χ1n) is 9.55. The smallest absolute Gasteiger partial charge is 0.290 e. The van der Waals surface area contributed by atoms with Crippen molar-refractivity contribution in [3.05, 3.63) is 68.8 Å². The van der Waals surface area contributed by atoms with Crippen molar-refractivity contribution in [2.45, 2.75) is 61.2 Å². The molecule has 0 saturated carbocycles. The van der Waals surface area contributed by atoms with Crippen LogP contribution in [0.5, 0.6) is 0 Å². The molecule has 156 valence electrons. The van der Waals surface area contributed by atoms with Crippen molar-refractivity contribution in [1.82, 2.24) is 0 Å². The summed E-state index contributed by atoms with van der Waals surface area (Å²) in [5.41, 5.74) is 6.16. The van der Waals surface area contributed by atoms with Gasteiger partial charge in [0.15, 0.2) is 0 Å². The van der Waals surface area contributed by atoms with Crippen molar-refractivity contribution in [1.29, 1.82) is 0 Å². The van der Waals surface area contributed by atoms with Crippen LogP contribution < -0.4 is 0 Å². The van der Waals surface area contributed by atoms with Crippen molar-refractivity contribution < 1.29 is 29.1 Å². The molecule has 0 N–H and O–H groups in total. The molecule has 0 aliphatic rings. The number of rotatable bonds is 7. The fourth-order valence-electron chi connectivity index (χ4n) is 3.43. The standard InChI is InChI=1S/C23H28O6/c1-8-19(26-28-22(24)20-15(4)9-13(2)10-16(20)5)27-29-23(25)21-17(6)11-14(3)12-18(21)7/h9-12,19H,8H2,1-7H3. The molecule has 0 amide bonds. The molecule has 0 aliphatic carbocycles. The molecule has 0 radical (unpaired) electrons. The van der Waals surface area contributed by atoms with E-state index in [2.05, 4.69) is 0 Å². The molecule has 0 unspecified atom stereocenters. The van der Waals surface area contributed by atoms with Crippen LogP contribution in [0.15, 0.2) is 24.3 Å². The highest BCUT2D eigenvalue weighted by Crippen LogP contribution is 2.20. The Morgan fingerprint density at radius 3 is 1.28 bits per heavy atom. The number of benzene rings is 2. The molecular formula is C23H28O6. The van der Waals surface area contributed by atoms with Gasteiger partial charge in [0.25, 0.3) is 0 Å². The minimum absolute atomic E-state index is 0.304. The zero-order valence-electron chi connectivity index (χ0n) is 18.0. The van der Waals surface area contributed by atoms with Crippen molar-refractivity contribution in [3.8, 4) is 0 Å². The van der Waals surface area contributed by atoms with Crippen LogP contribution in [-0.4, -0.2) is 18.2 Å². The summed E-state index contributed by atoms with van der Waals surface area (Å²) in [5.74, 6) is -1.25. The van der Waals surface area contributed by atoms with Crippen molar-refractivity contribution in [3.63, 3.8) is 0 Å². The SMILES string of the molecule is CCC(OOC(=O)c1c(C)cc(C)cc1C)OOC(=O)c1c(C)cc(C)cc1C. The molecule has 6 nitrogen and oxygen atoms in total. The highest BCUT2D eigenvalue weighted by molar-refractivity contribution is 5.93. The first kappa shape index (κ1) is 22.6. The van der Waals surface area contributed by atoms with E-state index in [0.29, 0.717) is 17.5 Å². The van der Waals surface area contributed by atoms with Gasteiger partial charge in [0.05, 0.1) is 11.1 Å². The third-order valence-electron chi connectivity index (χ3n) is 4.56. The summed E-state index contributed by atoms with van der Waals surface area (Å²) in [6.45, 7) is 13.0. The van der Waals surface area contributed by atoms with Crippen LogP contribution in [0, 0.1) is 41.5 Å². The van der Waals surface area contributed by atoms with Gasteiger partial charge in [0, 0.05) is 6.42 Å². The second-order valence-electron chi connectivity index (χ2n) is 7.32. The Bertz CT molecular complexity index is 796. The van der Waals surface area contributed by atoms with Gasteiger partial charge >= 0.3 is 11.9 Å². The highest BCUT2D eigenvalue weighted by atomic mass is 17.3. The minimum Gasteiger partial charge on any atom is -0.290 e. The lowest BCUT2D eigenvalue weighted by Crippen LogP contribution is -2.22. The van der Waals surface area contributed by atoms with Crippen LogP contribution in [0.4, 0.5) is 0 Å². The second-order valence-corrected chi connectivity index (χ2v) is 7.32. The first-order valence-corrected chi connectivity index (χ1v) is 9.55. The van der Waals surface area contributed by atoms with Crippen molar-refractivity contribution >= 4 is 11.9 Å². The van der Waals surface area contributed by atoms with E-state index in [0.717, 1.165) is 33.4 Å². The summed E-state index contributed by atoms with van der Waals surface area (Å²) >= 11 is 0. The Hall–Kier alpha value is -2.70. The molecule has 0 heterocycles. The molecule has 0 fully saturated rings. The number of hydrogen-bond acceptors (Lipinski definition) is 6. The lowest BCUT2D eigenvalue weighted by molar-refractivity contribution is -0.420. The van der Waals surface area contributed by atoms with Crippen molar-refractivity contribution in [2.75, 3.05) is 0 Å². The van der Waals surface area contributed by atoms with Gasteiger partial charge in [-0.3, -0.25) is 9.78 Å². The fraction of sp³-hybridized carbons (Fsp3) is 0.391. The van der Waals surface area contributed by atoms with Gasteiger partial charge in [-0.25, -0.2) is 9.59 Å². The van der Waals surface area contributed by atoms with Gasteiger partial charge in [0.2, 0.25) is 6.29 Å². The normalized spacial score (nSPS) is 10.9. The van der Waals surface area contributed by atoms with Crippen LogP contribution in [0.3, 0.4) is 0 Å². The van der Waals surface area contributed by atoms with Crippen LogP contribution in [0.25, 0.3) is 0 Å². The highest BCUT2D eigenvalue weighted by Gasteiger charge is 2.21. The Morgan fingerprint density at radius 1 is 0.690 bits per heavy atom. The molecular weight excluding hydrogens is 372 g/mol. The minimum atomic E-state index is -1.04. The number of carbonyl (C=O) groups excluding carboxylic acids is 2. The second kappa shape index (κ2) is 9.67. The van der Waals surface area contributed by atoms with E-state index in [-0.39, 0.29) is 0 Å². The quantitative estimate of drug-likeness (QED) is 0.364. The zero-order valence-corrected chi connectivity index (χ0v) is 18.0. The maximum Gasteiger partial charge on any atom is 0.373 e. The Labute approximate surface area is 171 Å². The molecule has 6 heteroatoms. The molecule has 0 aliphatic heterocycles. The lowest BCUT2D eigenvalue weighted by atomic mass is 10.0. The number of hydrogen-bond donors (Lipinski definition) is 0. The van der Waals surface area contributed by atoms with Crippen molar-refractivity contribution in [2.24, 2.45) is 0 Å². The van der Waals surface area contributed by atoms with Crippen LogP contribution >= 0.6 is 0 Å². The topological polar surface area (TPSA) is 71.1 Å². The number of aryl methyl sites for hydroxylation is 6. The van der Waals surface area contributed by atoms with Gasteiger partial charge in [-0.15, -0.1) is 9.78 Å². The summed E-state index contributed by atoms with van der Waals surface area (Å²) in [7, 11) is 0. The molecule has 0 spiro atoms. The zero-order chi connectivity index (χ0) is 21.7. The van der Waals surface area contributed by atoms with E-state index < -0.39 is 18.2 Å². The predicted octanol–water partition coefficient (Wildman–Crippen LogP) is 5.15. The Balaban J connectivity index is 1.98. The molecule has 0 aromatic heterocycles. The Morgan fingerprint density at radius 2 is 1.00 bits per heavy atom. The van der Waals surface area contributed by atoms with Crippen LogP contribution in [-0.2, 0) is 19.6 Å². The van der Waals surface area contributed by atoms with E-state index in [4.69, 9.17) is 19.6 Å². The van der Waals surface area contributed by atoms with Crippen LogP contribution in [0.1, 0.15) is 67.4 Å². The van der Waals surface area contributed by atoms with Gasteiger partial charge in [-0.1, -0.05) is 42.3 Å². The molecule has 2 aromatic rings. The first-order chi connectivity index (χ1) is 13.6. The van der Waals surface area contributed by atoms with E-state index in [1.807, 2.05) is 65.8 Å². The van der Waals surface area contributed by atoms with Gasteiger partial charge in [0.1, 0.15) is 0 Å². The van der Waals surface area contributed by atoms with Gasteiger partial charge in [-0.2, -0.15) is 0 Å². The monoisotopic (exact) mass is 400 g/mol. The van der Waals surface area contributed by atoms with Gasteiger partial charge in [-0.05, 0) is 63.8 Å². The predicted molar refractivity (Wildman–Crippen MR) is 108 cm³/mol. The van der Waals surface area contributed by atoms with Gasteiger partial charge < -0.3 is 0 Å². The summed E-state index contributed by atoms with van der Waals surface area (Å²) in [4.78, 5) is 44.8. The molecule has 0 bridgehead atoms. The maximum atomic E-state index is 12.4. The van der Waals surface area contributed by atoms with E-state index >= 15 is 0 Å². The third kappa shape index (κ3) is 5.65. The number of carbonyl (C=O) groups is 2. The molecule has 29 heavy (non-hydrogen) atoms. The average Bonchev–Trinajstić information content (AvgIpc) is 2.60. The molecule has 2 rings (SSSR count). The van der Waals surface area contributed by atoms with E-state index in [1.54, 1.807) is 6.92 Å². The van der Waals surface area contributed by atoms with Crippen LogP contribution in [0.2, 0.25) is 0 Å². The maximum absolute atomic E-state index is 12.4. The fourth-order valence-corrected chi connectivity index (χ4v) is 3.43. The lowest BCUT2D eigenvalue weighted by Gasteiger charge is -2.16. The third-order valence-corrected chi connectivity index (χ3v) is 4.56. The summed E-state index contributed by atoms with van der Waals surface area (Å²) in [6, 6.07) is 7.58. The summed E-state index contributed by atoms with van der Waals surface area (Å²) in [5, 5.41) is 0. The Kier molecular flexibility index (Phi) is 7.53. The van der Waals surface area contributed by atoms with E-state index in [9.17, 15) is 9.59 Å². The van der Waals surface area contributed by atoms with E-state index in [1.165, 1.54) is 0 Å². The molecule has 0 saturated heterocycles. The molecule has 2 aromatic carbocycles. The largest absolute Gasteiger partial charge is 0.373 e. The summed E-state index contributed by atoms with van der Waals surface area (Å²) < 4.78 is 0. The average molecular weight is 400 g/mol. The summed E-state index contributed by atoms with van der Waals surface area (Å²) in [6.07, 6.45) is -0.738. The molecule has 0 atom stereocenters.